The second-order valence-corrected chi connectivity index (χ2v) is 2.86. The quantitative estimate of drug-likeness (QED) is 0.731. The average Bonchev–Trinajstić information content (AvgIpc) is 1.95. The van der Waals surface area contributed by atoms with Gasteiger partial charge in [0.05, 0.1) is 6.61 Å². The Morgan fingerprint density at radius 2 is 1.90 bits per heavy atom. The molecule has 2 heteroatoms. The molecule has 1 aromatic rings. The number of aryl methyl sites for hydroxylation is 1. The molecule has 0 heterocycles. The molecule has 1 rings (SSSR count). The maximum atomic E-state index is 4.94. The summed E-state index contributed by atoms with van der Waals surface area (Å²) in [5, 5.41) is 0. The van der Waals surface area contributed by atoms with Gasteiger partial charge < -0.3 is 3.07 Å². The van der Waals surface area contributed by atoms with Crippen LogP contribution in [0.3, 0.4) is 0 Å². The van der Waals surface area contributed by atoms with Crippen molar-refractivity contribution < 1.29 is 3.07 Å². The summed E-state index contributed by atoms with van der Waals surface area (Å²) >= 11 is 1.90. The highest BCUT2D eigenvalue weighted by Gasteiger charge is 1.89. The molecule has 0 fully saturated rings. The van der Waals surface area contributed by atoms with E-state index >= 15 is 0 Å². The molecular weight excluding hydrogens is 239 g/mol. The molecule has 0 aliphatic heterocycles. The minimum atomic E-state index is 0.695. The fourth-order valence-corrected chi connectivity index (χ4v) is 1.11. The first-order valence-corrected chi connectivity index (χ1v) is 4.00. The van der Waals surface area contributed by atoms with Gasteiger partial charge in [0.15, 0.2) is 0 Å². The molecule has 54 valence electrons. The Balaban J connectivity index is 2.69. The molecule has 0 unspecified atom stereocenters. The monoisotopic (exact) mass is 248 g/mol. The van der Waals surface area contributed by atoms with Crippen LogP contribution in [0.2, 0.25) is 0 Å². The molecule has 10 heavy (non-hydrogen) atoms. The van der Waals surface area contributed by atoms with Crippen molar-refractivity contribution in [3.8, 4) is 0 Å². The van der Waals surface area contributed by atoms with Crippen LogP contribution < -0.4 is 0 Å². The van der Waals surface area contributed by atoms with Crippen molar-refractivity contribution in [1.82, 2.24) is 0 Å². The highest BCUT2D eigenvalue weighted by Crippen LogP contribution is 2.05. The molecule has 0 radical (unpaired) electrons. The van der Waals surface area contributed by atoms with Crippen LogP contribution in [0.1, 0.15) is 11.1 Å². The lowest BCUT2D eigenvalue weighted by Crippen LogP contribution is -1.82. The van der Waals surface area contributed by atoms with Crippen LogP contribution in [0.4, 0.5) is 0 Å². The summed E-state index contributed by atoms with van der Waals surface area (Å²) in [4.78, 5) is 0. The fraction of sp³-hybridized carbons (Fsp3) is 0.250. The van der Waals surface area contributed by atoms with Crippen LogP contribution in [0.25, 0.3) is 0 Å². The predicted octanol–water partition coefficient (Wildman–Crippen LogP) is 2.86. The zero-order valence-corrected chi connectivity index (χ0v) is 7.96. The van der Waals surface area contributed by atoms with E-state index in [1.807, 2.05) is 23.0 Å². The molecule has 0 atom stereocenters. The third-order valence-corrected chi connectivity index (χ3v) is 1.65. The third kappa shape index (κ3) is 2.27. The zero-order chi connectivity index (χ0) is 7.40. The largest absolute Gasteiger partial charge is 0.311 e. The van der Waals surface area contributed by atoms with Crippen molar-refractivity contribution >= 4 is 23.0 Å². The summed E-state index contributed by atoms with van der Waals surface area (Å²) in [6.07, 6.45) is 0. The lowest BCUT2D eigenvalue weighted by Gasteiger charge is -1.96. The molecule has 0 aliphatic rings. The molecule has 0 amide bonds. The Hall–Kier alpha value is -0.0900. The van der Waals surface area contributed by atoms with Crippen LogP contribution >= 0.6 is 23.0 Å². The fourth-order valence-electron chi connectivity index (χ4n) is 0.747. The molecule has 0 aromatic heterocycles. The Morgan fingerprint density at radius 3 is 2.40 bits per heavy atom. The lowest BCUT2D eigenvalue weighted by molar-refractivity contribution is 0.418. The molecule has 0 aliphatic carbocycles. The van der Waals surface area contributed by atoms with Gasteiger partial charge >= 0.3 is 0 Å². The maximum absolute atomic E-state index is 4.94. The molecule has 0 spiro atoms. The van der Waals surface area contributed by atoms with Gasteiger partial charge in [-0.1, -0.05) is 29.8 Å². The van der Waals surface area contributed by atoms with Crippen molar-refractivity contribution in [2.75, 3.05) is 0 Å². The third-order valence-electron chi connectivity index (χ3n) is 1.34. The van der Waals surface area contributed by atoms with Gasteiger partial charge in [-0.05, 0) is 12.5 Å². The van der Waals surface area contributed by atoms with Crippen molar-refractivity contribution in [3.05, 3.63) is 35.4 Å². The molecule has 0 saturated carbocycles. The normalized spacial score (nSPS) is 9.80. The minimum Gasteiger partial charge on any atom is -0.311 e. The van der Waals surface area contributed by atoms with E-state index in [0.29, 0.717) is 6.61 Å². The Labute approximate surface area is 75.1 Å². The number of hydrogen-bond acceptors (Lipinski definition) is 1. The Bertz CT molecular complexity index is 193. The van der Waals surface area contributed by atoms with Crippen LogP contribution in [0, 0.1) is 6.92 Å². The summed E-state index contributed by atoms with van der Waals surface area (Å²) in [5.74, 6) is 0. The summed E-state index contributed by atoms with van der Waals surface area (Å²) in [5.41, 5.74) is 2.51. The van der Waals surface area contributed by atoms with Gasteiger partial charge in [-0.3, -0.25) is 0 Å². The Kier molecular flexibility index (Phi) is 3.15. The van der Waals surface area contributed by atoms with Crippen LogP contribution in [-0.2, 0) is 9.67 Å². The van der Waals surface area contributed by atoms with Gasteiger partial charge in [-0.2, -0.15) is 0 Å². The van der Waals surface area contributed by atoms with Gasteiger partial charge in [0.2, 0.25) is 0 Å². The van der Waals surface area contributed by atoms with Gasteiger partial charge in [0.1, 0.15) is 23.0 Å². The molecule has 1 nitrogen and oxygen atoms in total. The highest BCUT2D eigenvalue weighted by atomic mass is 127. The highest BCUT2D eigenvalue weighted by molar-refractivity contribution is 14.1. The molecule has 1 aromatic carbocycles. The van der Waals surface area contributed by atoms with Gasteiger partial charge in [0.25, 0.3) is 0 Å². The topological polar surface area (TPSA) is 9.23 Å². The van der Waals surface area contributed by atoms with E-state index in [0.717, 1.165) is 0 Å². The predicted molar refractivity (Wildman–Crippen MR) is 50.0 cm³/mol. The number of benzene rings is 1. The Morgan fingerprint density at radius 1 is 1.30 bits per heavy atom. The first-order chi connectivity index (χ1) is 4.83. The SMILES string of the molecule is Cc1ccc(COI)cc1. The second-order valence-electron chi connectivity index (χ2n) is 2.24. The molecular formula is C8H9IO. The average molecular weight is 248 g/mol. The summed E-state index contributed by atoms with van der Waals surface area (Å²) in [6.45, 7) is 2.77. The number of halogens is 1. The van der Waals surface area contributed by atoms with E-state index in [9.17, 15) is 0 Å². The van der Waals surface area contributed by atoms with Crippen LogP contribution in [0.15, 0.2) is 24.3 Å². The van der Waals surface area contributed by atoms with Crippen LogP contribution in [0.5, 0.6) is 0 Å². The van der Waals surface area contributed by atoms with E-state index in [1.165, 1.54) is 11.1 Å². The number of rotatable bonds is 2. The molecule has 0 bridgehead atoms. The molecule has 0 saturated heterocycles. The first-order valence-electron chi connectivity index (χ1n) is 3.12. The van der Waals surface area contributed by atoms with Crippen molar-refractivity contribution in [2.24, 2.45) is 0 Å². The van der Waals surface area contributed by atoms with E-state index in [2.05, 4.69) is 31.2 Å². The van der Waals surface area contributed by atoms with Gasteiger partial charge in [-0.15, -0.1) is 0 Å². The summed E-state index contributed by atoms with van der Waals surface area (Å²) in [7, 11) is 0. The van der Waals surface area contributed by atoms with E-state index in [-0.39, 0.29) is 0 Å². The summed E-state index contributed by atoms with van der Waals surface area (Å²) in [6, 6.07) is 8.33. The zero-order valence-electron chi connectivity index (χ0n) is 5.80. The van der Waals surface area contributed by atoms with E-state index in [1.54, 1.807) is 0 Å². The maximum Gasteiger partial charge on any atom is 0.110 e. The second kappa shape index (κ2) is 3.93. The van der Waals surface area contributed by atoms with Crippen molar-refractivity contribution in [2.45, 2.75) is 13.5 Å². The van der Waals surface area contributed by atoms with Crippen molar-refractivity contribution in [1.29, 1.82) is 0 Å². The standard InChI is InChI=1S/C8H9IO/c1-7-2-4-8(5-3-7)6-10-9/h2-5H,6H2,1H3. The molecule has 0 N–H and O–H groups in total. The smallest absolute Gasteiger partial charge is 0.110 e. The van der Waals surface area contributed by atoms with Gasteiger partial charge in [-0.25, -0.2) is 0 Å². The van der Waals surface area contributed by atoms with Crippen LogP contribution in [-0.4, -0.2) is 0 Å². The van der Waals surface area contributed by atoms with E-state index in [4.69, 9.17) is 3.07 Å². The van der Waals surface area contributed by atoms with E-state index < -0.39 is 0 Å². The first kappa shape index (κ1) is 8.01. The van der Waals surface area contributed by atoms with Crippen molar-refractivity contribution in [3.63, 3.8) is 0 Å². The number of hydrogen-bond donors (Lipinski definition) is 0. The van der Waals surface area contributed by atoms with Gasteiger partial charge in [0, 0.05) is 0 Å². The summed E-state index contributed by atoms with van der Waals surface area (Å²) < 4.78 is 4.94. The minimum absolute atomic E-state index is 0.695. The lowest BCUT2D eigenvalue weighted by atomic mass is 10.2.